The van der Waals surface area contributed by atoms with E-state index in [0.29, 0.717) is 12.2 Å². The Balaban J connectivity index is 1.43. The molecule has 166 valence electrons. The van der Waals surface area contributed by atoms with E-state index in [9.17, 15) is 9.90 Å². The molecule has 0 bridgehead atoms. The molecule has 1 aliphatic carbocycles. The summed E-state index contributed by atoms with van der Waals surface area (Å²) in [5.41, 5.74) is 0.404. The Labute approximate surface area is 185 Å². The number of hydrogen-bond acceptors (Lipinski definition) is 4. The molecule has 3 atom stereocenters. The number of esters is 1. The predicted octanol–water partition coefficient (Wildman–Crippen LogP) is 3.85. The minimum absolute atomic E-state index is 0.0708. The molecule has 31 heavy (non-hydrogen) atoms. The fraction of sp³-hybridized carbons (Fsp3) is 0.538. The standard InChI is InChI=1S/C26H35N2O3/c1-28(19-15-21-13-16-27-17-14-21)18-7-12-24(28)20-31-25(29)26(30,23-10-5-6-11-23)22-8-3-2-4-9-22/h2-4,8-9,13-14,16-17,23-24,30H,5-7,10-12,15,18-20H2,1H3/q+1/t24?,26-,28?/m0/s1. The number of ether oxygens (including phenoxy) is 1. The van der Waals surface area contributed by atoms with Crippen LogP contribution in [0, 0.1) is 5.92 Å². The summed E-state index contributed by atoms with van der Waals surface area (Å²) >= 11 is 0. The van der Waals surface area contributed by atoms with Gasteiger partial charge in [-0.2, -0.15) is 0 Å². The minimum Gasteiger partial charge on any atom is -0.457 e. The molecule has 1 aromatic heterocycles. The van der Waals surface area contributed by atoms with E-state index in [1.54, 1.807) is 0 Å². The van der Waals surface area contributed by atoms with Crippen LogP contribution < -0.4 is 0 Å². The van der Waals surface area contributed by atoms with E-state index >= 15 is 0 Å². The van der Waals surface area contributed by atoms with E-state index in [2.05, 4.69) is 24.2 Å². The summed E-state index contributed by atoms with van der Waals surface area (Å²) in [5.74, 6) is -0.545. The first-order chi connectivity index (χ1) is 15.0. The first-order valence-electron chi connectivity index (χ1n) is 11.7. The van der Waals surface area contributed by atoms with Gasteiger partial charge in [-0.3, -0.25) is 4.98 Å². The molecule has 1 aromatic carbocycles. The smallest absolute Gasteiger partial charge is 0.343 e. The summed E-state index contributed by atoms with van der Waals surface area (Å²) in [6, 6.07) is 13.8. The molecule has 1 N–H and O–H groups in total. The van der Waals surface area contributed by atoms with Gasteiger partial charge in [0.05, 0.1) is 20.1 Å². The molecule has 2 aliphatic rings. The first-order valence-corrected chi connectivity index (χ1v) is 11.7. The Hall–Kier alpha value is -2.24. The zero-order valence-corrected chi connectivity index (χ0v) is 18.6. The lowest BCUT2D eigenvalue weighted by molar-refractivity contribution is -0.921. The number of likely N-dealkylation sites (N-methyl/N-ethyl adjacent to an activating group) is 1. The van der Waals surface area contributed by atoms with Gasteiger partial charge in [-0.25, -0.2) is 4.79 Å². The molecule has 1 saturated heterocycles. The maximum Gasteiger partial charge on any atom is 0.343 e. The average molecular weight is 424 g/mol. The van der Waals surface area contributed by atoms with Crippen molar-refractivity contribution in [2.24, 2.45) is 5.92 Å². The van der Waals surface area contributed by atoms with Crippen LogP contribution in [0.3, 0.4) is 0 Å². The number of carbonyl (C=O) groups is 1. The van der Waals surface area contributed by atoms with E-state index in [-0.39, 0.29) is 12.0 Å². The molecule has 0 radical (unpaired) electrons. The van der Waals surface area contributed by atoms with E-state index in [1.807, 2.05) is 42.7 Å². The number of aliphatic hydroxyl groups is 1. The van der Waals surface area contributed by atoms with Gasteiger partial charge in [0.1, 0.15) is 12.6 Å². The summed E-state index contributed by atoms with van der Waals surface area (Å²) in [7, 11) is 2.27. The summed E-state index contributed by atoms with van der Waals surface area (Å²) < 4.78 is 6.80. The van der Waals surface area contributed by atoms with Crippen molar-refractivity contribution in [3.8, 4) is 0 Å². The fourth-order valence-electron chi connectivity index (χ4n) is 5.51. The Morgan fingerprint density at radius 1 is 1.10 bits per heavy atom. The van der Waals surface area contributed by atoms with Crippen molar-refractivity contribution in [1.82, 2.24) is 4.98 Å². The van der Waals surface area contributed by atoms with Gasteiger partial charge in [0.2, 0.25) is 0 Å². The summed E-state index contributed by atoms with van der Waals surface area (Å²) in [5, 5.41) is 11.6. The van der Waals surface area contributed by atoms with Crippen LogP contribution in [0.25, 0.3) is 0 Å². The van der Waals surface area contributed by atoms with Crippen molar-refractivity contribution in [2.75, 3.05) is 26.7 Å². The van der Waals surface area contributed by atoms with Crippen LogP contribution in [0.5, 0.6) is 0 Å². The van der Waals surface area contributed by atoms with Crippen molar-refractivity contribution in [2.45, 2.75) is 56.6 Å². The number of quaternary nitrogens is 1. The summed E-state index contributed by atoms with van der Waals surface area (Å²) in [4.78, 5) is 17.4. The van der Waals surface area contributed by atoms with Crippen molar-refractivity contribution < 1.29 is 19.1 Å². The molecule has 2 fully saturated rings. The normalized spacial score (nSPS) is 25.9. The molecular formula is C26H35N2O3+. The number of benzene rings is 1. The highest BCUT2D eigenvalue weighted by molar-refractivity contribution is 5.81. The predicted molar refractivity (Wildman–Crippen MR) is 120 cm³/mol. The first kappa shape index (κ1) is 22.0. The molecule has 0 amide bonds. The molecule has 1 aliphatic heterocycles. The maximum atomic E-state index is 13.3. The summed E-state index contributed by atoms with van der Waals surface area (Å²) in [6.45, 7) is 2.48. The third kappa shape index (κ3) is 4.68. The third-order valence-corrected chi connectivity index (χ3v) is 7.63. The number of hydrogen-bond donors (Lipinski definition) is 1. The minimum atomic E-state index is -1.54. The largest absolute Gasteiger partial charge is 0.457 e. The van der Waals surface area contributed by atoms with Gasteiger partial charge in [-0.05, 0) is 36.1 Å². The van der Waals surface area contributed by atoms with Crippen LogP contribution in [0.4, 0.5) is 0 Å². The van der Waals surface area contributed by atoms with Crippen LogP contribution in [-0.2, 0) is 21.6 Å². The second-order valence-electron chi connectivity index (χ2n) is 9.54. The second kappa shape index (κ2) is 9.49. The van der Waals surface area contributed by atoms with Gasteiger partial charge in [0.15, 0.2) is 5.60 Å². The highest BCUT2D eigenvalue weighted by atomic mass is 16.6. The number of likely N-dealkylation sites (tertiary alicyclic amines) is 1. The molecule has 0 spiro atoms. The highest BCUT2D eigenvalue weighted by Crippen LogP contribution is 2.41. The highest BCUT2D eigenvalue weighted by Gasteiger charge is 2.48. The summed E-state index contributed by atoms with van der Waals surface area (Å²) in [6.07, 6.45) is 10.7. The zero-order chi connectivity index (χ0) is 21.7. The van der Waals surface area contributed by atoms with Crippen LogP contribution in [0.2, 0.25) is 0 Å². The molecule has 5 heteroatoms. The number of carbonyl (C=O) groups excluding carboxylic acids is 1. The van der Waals surface area contributed by atoms with Crippen molar-refractivity contribution >= 4 is 5.97 Å². The Kier molecular flexibility index (Phi) is 6.73. The number of pyridine rings is 1. The van der Waals surface area contributed by atoms with E-state index in [0.717, 1.165) is 62.5 Å². The lowest BCUT2D eigenvalue weighted by Crippen LogP contribution is -2.52. The third-order valence-electron chi connectivity index (χ3n) is 7.63. The van der Waals surface area contributed by atoms with Crippen molar-refractivity contribution in [3.63, 3.8) is 0 Å². The van der Waals surface area contributed by atoms with Gasteiger partial charge in [0.25, 0.3) is 0 Å². The molecule has 2 aromatic rings. The quantitative estimate of drug-likeness (QED) is 0.517. The fourth-order valence-corrected chi connectivity index (χ4v) is 5.51. The number of rotatable bonds is 8. The number of nitrogens with zero attached hydrogens (tertiary/aromatic N) is 2. The molecule has 5 nitrogen and oxygen atoms in total. The Morgan fingerprint density at radius 3 is 2.52 bits per heavy atom. The van der Waals surface area contributed by atoms with E-state index < -0.39 is 11.6 Å². The van der Waals surface area contributed by atoms with Gasteiger partial charge in [0, 0.05) is 37.6 Å². The van der Waals surface area contributed by atoms with Crippen LogP contribution in [0.15, 0.2) is 54.9 Å². The lowest BCUT2D eigenvalue weighted by Gasteiger charge is -2.37. The van der Waals surface area contributed by atoms with Crippen molar-refractivity contribution in [3.05, 3.63) is 66.0 Å². The van der Waals surface area contributed by atoms with Gasteiger partial charge < -0.3 is 14.3 Å². The Morgan fingerprint density at radius 2 is 1.81 bits per heavy atom. The molecule has 2 unspecified atom stereocenters. The van der Waals surface area contributed by atoms with E-state index in [4.69, 9.17) is 4.74 Å². The SMILES string of the molecule is C[N+]1(CCc2ccncc2)CCCC1COC(=O)[C@](O)(c1ccccc1)C1CCCC1. The lowest BCUT2D eigenvalue weighted by atomic mass is 9.80. The van der Waals surface area contributed by atoms with Crippen LogP contribution >= 0.6 is 0 Å². The molecule has 2 heterocycles. The second-order valence-corrected chi connectivity index (χ2v) is 9.54. The van der Waals surface area contributed by atoms with Gasteiger partial charge in [-0.15, -0.1) is 0 Å². The molecule has 4 rings (SSSR count). The maximum absolute atomic E-state index is 13.3. The topological polar surface area (TPSA) is 59.4 Å². The van der Waals surface area contributed by atoms with Crippen LogP contribution in [0.1, 0.15) is 49.7 Å². The average Bonchev–Trinajstić information content (AvgIpc) is 3.48. The number of aromatic nitrogens is 1. The molecule has 1 saturated carbocycles. The Bertz CT molecular complexity index is 853. The van der Waals surface area contributed by atoms with Gasteiger partial charge >= 0.3 is 5.97 Å². The van der Waals surface area contributed by atoms with Crippen molar-refractivity contribution in [1.29, 1.82) is 0 Å². The van der Waals surface area contributed by atoms with E-state index in [1.165, 1.54) is 5.56 Å². The zero-order valence-electron chi connectivity index (χ0n) is 18.6. The van der Waals surface area contributed by atoms with Gasteiger partial charge in [-0.1, -0.05) is 43.2 Å². The monoisotopic (exact) mass is 423 g/mol. The van der Waals surface area contributed by atoms with Crippen LogP contribution in [-0.4, -0.2) is 53.3 Å². The molecular weight excluding hydrogens is 388 g/mol.